The summed E-state index contributed by atoms with van der Waals surface area (Å²) in [7, 11) is 0. The van der Waals surface area contributed by atoms with Crippen LogP contribution in [0.2, 0.25) is 0 Å². The standard InChI is InChI=1S/C67H112N4O49/c1-15-33(84)41(92)46(97)64(104-15)118-55-31(70-18(4)81)58(101)105-27(12-78)53(55)116-60-30(69-17(3)80)40(91)50(24(9-75)109-60)115-67-57(120-63-45(96)34(85)20(83)13-102-63)56(38(89)28(112-67)14-103-62-48(99)43(94)51(25(10-76)110-62)113-59-29(68-16(2)79)39(90)35(86)21(6-72)106-59)119-66-49(100)44(95)52(26(11-77)111-66)114-61-32(71-19(5)82)54(37(88)23(8-74)107-61)117-65-47(98)42(93)36(87)22(7-73)108-65/h15,20-67,72-78,83-101H,6-14H2,1-5H3,(H,68,79)(H,69,80)(H,70,81)(H,71,82)/t15-,20+,21+,22+,23+,24+,25+,26+,27+,28+,29+,30+,31+,32+,33+,34-,35+,36-,37+,38+,39+,40+,41+,42-,43-,44+,45+,46-,47+,48-,49-,50+,51+,52+,53+,54+,55+,56-,57-,58+,59-,60-,61-,62-,63-,64-,65-,66+,67-/m0/s1. The minimum absolute atomic E-state index is 0.810. The van der Waals surface area contributed by atoms with Crippen LogP contribution in [0.5, 0.6) is 0 Å². The molecular formula is C67H112N4O49. The lowest BCUT2D eigenvalue weighted by Gasteiger charge is -2.52. The fourth-order valence-electron chi connectivity index (χ4n) is 15.6. The molecule has 694 valence electrons. The molecule has 53 heteroatoms. The van der Waals surface area contributed by atoms with E-state index < -0.39 is 384 Å². The number of carbonyl (C=O) groups excluding carboxylic acids is 4. The summed E-state index contributed by atoms with van der Waals surface area (Å²) >= 11 is 0. The van der Waals surface area contributed by atoms with Crippen LogP contribution in [0.15, 0.2) is 0 Å². The van der Waals surface area contributed by atoms with Gasteiger partial charge in [-0.15, -0.1) is 0 Å². The van der Waals surface area contributed by atoms with E-state index in [1.54, 1.807) is 0 Å². The summed E-state index contributed by atoms with van der Waals surface area (Å²) in [5.41, 5.74) is 0. The average Bonchev–Trinajstić information content (AvgIpc) is 0.772. The Morgan fingerprint density at radius 3 is 1.12 bits per heavy atom. The number of aliphatic hydroxyl groups excluding tert-OH is 26. The molecule has 10 rings (SSSR count). The molecule has 10 saturated heterocycles. The number of aliphatic hydroxyl groups is 26. The highest BCUT2D eigenvalue weighted by atomic mass is 16.8. The highest BCUT2D eigenvalue weighted by Gasteiger charge is 2.62. The second-order valence-corrected chi connectivity index (χ2v) is 30.5. The van der Waals surface area contributed by atoms with Crippen LogP contribution in [-0.2, 0) is 109 Å². The molecule has 10 heterocycles. The maximum atomic E-state index is 13.4. The van der Waals surface area contributed by atoms with Crippen LogP contribution in [-0.4, -0.2) is 517 Å². The Hall–Kier alpha value is -3.92. The maximum Gasteiger partial charge on any atom is 0.217 e. The lowest BCUT2D eigenvalue weighted by Crippen LogP contribution is -2.71. The Balaban J connectivity index is 1.00. The summed E-state index contributed by atoms with van der Waals surface area (Å²) in [5, 5.41) is 300. The number of nitrogens with one attached hydrogen (secondary N) is 4. The first-order valence-electron chi connectivity index (χ1n) is 38.4. The van der Waals surface area contributed by atoms with Crippen LogP contribution in [0.1, 0.15) is 34.6 Å². The molecule has 0 aromatic rings. The summed E-state index contributed by atoms with van der Waals surface area (Å²) in [6, 6.07) is -7.37. The smallest absolute Gasteiger partial charge is 0.217 e. The van der Waals surface area contributed by atoms with Gasteiger partial charge in [0.05, 0.1) is 65.6 Å². The third-order valence-corrected chi connectivity index (χ3v) is 22.0. The Morgan fingerprint density at radius 1 is 0.267 bits per heavy atom. The second kappa shape index (κ2) is 42.8. The van der Waals surface area contributed by atoms with Crippen LogP contribution < -0.4 is 21.3 Å². The van der Waals surface area contributed by atoms with E-state index in [0.717, 1.165) is 27.7 Å². The predicted octanol–water partition coefficient (Wildman–Crippen LogP) is -20.6. The van der Waals surface area contributed by atoms with E-state index in [-0.39, 0.29) is 0 Å². The van der Waals surface area contributed by atoms with Gasteiger partial charge in [0, 0.05) is 27.7 Å². The van der Waals surface area contributed by atoms with Crippen LogP contribution in [0.3, 0.4) is 0 Å². The quantitative estimate of drug-likeness (QED) is 0.0318. The third kappa shape index (κ3) is 21.6. The Morgan fingerprint density at radius 2 is 0.600 bits per heavy atom. The predicted molar refractivity (Wildman–Crippen MR) is 369 cm³/mol. The summed E-state index contributed by atoms with van der Waals surface area (Å²) in [6.45, 7) is -4.75. The van der Waals surface area contributed by atoms with Crippen molar-refractivity contribution in [1.29, 1.82) is 0 Å². The number of amides is 4. The molecule has 10 fully saturated rings. The van der Waals surface area contributed by atoms with Crippen molar-refractivity contribution in [3.05, 3.63) is 0 Å². The Bertz CT molecular complexity index is 3230. The van der Waals surface area contributed by atoms with E-state index in [1.807, 2.05) is 0 Å². The Labute approximate surface area is 679 Å². The van der Waals surface area contributed by atoms with Crippen molar-refractivity contribution >= 4 is 23.6 Å². The maximum absolute atomic E-state index is 13.4. The van der Waals surface area contributed by atoms with Crippen molar-refractivity contribution in [1.82, 2.24) is 21.3 Å². The highest BCUT2D eigenvalue weighted by molar-refractivity contribution is 5.74. The second-order valence-electron chi connectivity index (χ2n) is 30.5. The molecule has 53 nitrogen and oxygen atoms in total. The van der Waals surface area contributed by atoms with Gasteiger partial charge >= 0.3 is 0 Å². The molecule has 49 atom stereocenters. The first kappa shape index (κ1) is 98.3. The molecule has 0 spiro atoms. The van der Waals surface area contributed by atoms with Gasteiger partial charge in [-0.05, 0) is 6.92 Å². The topological polar surface area (TPSA) is 818 Å². The fraction of sp³-hybridized carbons (Fsp3) is 0.940. The zero-order chi connectivity index (χ0) is 88.2. The zero-order valence-electron chi connectivity index (χ0n) is 64.7. The number of hydrogen-bond donors (Lipinski definition) is 30. The molecular weight excluding hydrogens is 1640 g/mol. The van der Waals surface area contributed by atoms with E-state index >= 15 is 0 Å². The van der Waals surface area contributed by atoms with Gasteiger partial charge in [-0.1, -0.05) is 0 Å². The van der Waals surface area contributed by atoms with Crippen molar-refractivity contribution in [3.63, 3.8) is 0 Å². The molecule has 0 aliphatic carbocycles. The summed E-state index contributed by atoms with van der Waals surface area (Å²) in [5.74, 6) is -3.62. The minimum atomic E-state index is -2.58. The normalized spacial score (nSPS) is 49.7. The van der Waals surface area contributed by atoms with Gasteiger partial charge < -0.3 is 244 Å². The lowest BCUT2D eigenvalue weighted by molar-refractivity contribution is -0.408. The van der Waals surface area contributed by atoms with Crippen molar-refractivity contribution in [2.75, 3.05) is 59.5 Å². The SMILES string of the molecule is CC(=O)N[C@@H]1[C@@H](O[C@@H]2O[C@@H](C)[C@@H](O)[C@@H](O)[C@@H]2O)[C@H](O[C@@H]2O[C@H](CO)[C@@H](O[C@@H]3O[C@H](CO[C@H]4O[C@H](CO)[C@@H](O[C@@H]5O[C@H](CO)[C@@H](O)[C@H](O)[C@H]5NC(C)=O)[C@@H](O)[C@@H]4O)[C@@H](O)[C@H](O[C@H]4O[C@H](CO)[C@@H](O[C@@H]5O[C@H](CO)[C@@H](O)[C@H](O[C@@H]6O[C@H](CO)[C@H](O)[C@H](O)[C@H]6O)[C@H]5NC(C)=O)[C@H](O)[C@@H]4O)[C@@H]3O[C@@H]3OC[C@@H](O)[C@H](O)[C@H]3O)[C@H](O)[C@H]2NC(C)=O)[C@@H](CO)O[C@H]1O. The van der Waals surface area contributed by atoms with Gasteiger partial charge in [-0.25, -0.2) is 0 Å². The van der Waals surface area contributed by atoms with Crippen molar-refractivity contribution in [2.45, 2.75) is 335 Å². The molecule has 0 aromatic carbocycles. The molecule has 4 amide bonds. The van der Waals surface area contributed by atoms with Crippen molar-refractivity contribution in [3.8, 4) is 0 Å². The van der Waals surface area contributed by atoms with Crippen LogP contribution in [0, 0.1) is 0 Å². The minimum Gasteiger partial charge on any atom is -0.394 e. The molecule has 0 saturated carbocycles. The lowest BCUT2D eigenvalue weighted by atomic mass is 9.93. The molecule has 0 bridgehead atoms. The molecule has 30 N–H and O–H groups in total. The molecule has 0 unspecified atom stereocenters. The van der Waals surface area contributed by atoms with Crippen molar-refractivity contribution < 1.29 is 242 Å². The first-order chi connectivity index (χ1) is 56.8. The molecule has 10 aliphatic heterocycles. The van der Waals surface area contributed by atoms with Crippen molar-refractivity contribution in [2.24, 2.45) is 0 Å². The monoisotopic (exact) mass is 1760 g/mol. The zero-order valence-corrected chi connectivity index (χ0v) is 64.7. The average molecular weight is 1760 g/mol. The van der Waals surface area contributed by atoms with E-state index in [1.165, 1.54) is 6.92 Å². The highest BCUT2D eigenvalue weighted by Crippen LogP contribution is 2.41. The summed E-state index contributed by atoms with van der Waals surface area (Å²) in [6.07, 6.45) is -93.6. The van der Waals surface area contributed by atoms with E-state index in [0.29, 0.717) is 0 Å². The number of hydrogen-bond acceptors (Lipinski definition) is 49. The van der Waals surface area contributed by atoms with E-state index in [9.17, 15) is 152 Å². The van der Waals surface area contributed by atoms with Crippen LogP contribution in [0.25, 0.3) is 0 Å². The number of ether oxygens (including phenoxy) is 19. The Kier molecular flexibility index (Phi) is 35.0. The van der Waals surface area contributed by atoms with E-state index in [4.69, 9.17) is 90.0 Å². The molecule has 0 aromatic heterocycles. The molecule has 120 heavy (non-hydrogen) atoms. The van der Waals surface area contributed by atoms with Gasteiger partial charge in [0.1, 0.15) is 232 Å². The van der Waals surface area contributed by atoms with Gasteiger partial charge in [0.2, 0.25) is 23.6 Å². The van der Waals surface area contributed by atoms with Gasteiger partial charge in [-0.3, -0.25) is 19.2 Å². The van der Waals surface area contributed by atoms with Crippen LogP contribution in [0.4, 0.5) is 0 Å². The van der Waals surface area contributed by atoms with E-state index in [2.05, 4.69) is 21.3 Å². The number of rotatable bonds is 30. The fourth-order valence-corrected chi connectivity index (χ4v) is 15.6. The molecule has 0 radical (unpaired) electrons. The first-order valence-corrected chi connectivity index (χ1v) is 38.4. The van der Waals surface area contributed by atoms with Gasteiger partial charge in [-0.2, -0.15) is 0 Å². The van der Waals surface area contributed by atoms with Gasteiger partial charge in [0.25, 0.3) is 0 Å². The van der Waals surface area contributed by atoms with Gasteiger partial charge in [0.15, 0.2) is 62.9 Å². The number of carbonyl (C=O) groups is 4. The largest absolute Gasteiger partial charge is 0.394 e. The summed E-state index contributed by atoms with van der Waals surface area (Å²) in [4.78, 5) is 51.4. The summed E-state index contributed by atoms with van der Waals surface area (Å²) < 4.78 is 114. The molecule has 10 aliphatic rings. The third-order valence-electron chi connectivity index (χ3n) is 22.0. The van der Waals surface area contributed by atoms with Crippen LogP contribution >= 0.6 is 0 Å².